The maximum absolute atomic E-state index is 12.5. The smallest absolute Gasteiger partial charge is 0.240 e. The molecule has 0 aromatic rings. The van der Waals surface area contributed by atoms with Crippen molar-refractivity contribution in [3.8, 4) is 0 Å². The van der Waals surface area contributed by atoms with Crippen molar-refractivity contribution < 1.29 is 9.59 Å². The average molecular weight is 281 g/mol. The summed E-state index contributed by atoms with van der Waals surface area (Å²) in [6.45, 7) is 2.67. The van der Waals surface area contributed by atoms with Gasteiger partial charge in [0.15, 0.2) is 0 Å². The van der Waals surface area contributed by atoms with Gasteiger partial charge in [0.1, 0.15) is 0 Å². The van der Waals surface area contributed by atoms with E-state index in [0.29, 0.717) is 12.6 Å². The summed E-state index contributed by atoms with van der Waals surface area (Å²) in [5, 5.41) is 6.12. The van der Waals surface area contributed by atoms with Gasteiger partial charge >= 0.3 is 0 Å². The second-order valence-electron chi connectivity index (χ2n) is 5.97. The summed E-state index contributed by atoms with van der Waals surface area (Å²) in [4.78, 5) is 25.7. The summed E-state index contributed by atoms with van der Waals surface area (Å²) in [6.07, 6.45) is 7.14. The largest absolute Gasteiger partial charge is 0.358 e. The van der Waals surface area contributed by atoms with Gasteiger partial charge in [0, 0.05) is 19.6 Å². The molecule has 5 nitrogen and oxygen atoms in total. The molecule has 3 atom stereocenters. The van der Waals surface area contributed by atoms with Crippen molar-refractivity contribution in [2.45, 2.75) is 57.5 Å². The molecule has 0 radical (unpaired) electrons. The number of piperidine rings is 1. The van der Waals surface area contributed by atoms with Crippen molar-refractivity contribution in [3.05, 3.63) is 0 Å². The first-order valence-electron chi connectivity index (χ1n) is 7.91. The van der Waals surface area contributed by atoms with Gasteiger partial charge < -0.3 is 15.5 Å². The quantitative estimate of drug-likeness (QED) is 0.804. The van der Waals surface area contributed by atoms with Crippen LogP contribution in [0.3, 0.4) is 0 Å². The SMILES string of the molecule is CCN(CC(=O)NC)C(=O)C1CCC2CCCCC2N1. The first-order valence-corrected chi connectivity index (χ1v) is 7.91. The number of rotatable bonds is 4. The van der Waals surface area contributed by atoms with Crippen LogP contribution in [0.15, 0.2) is 0 Å². The molecule has 0 aromatic heterocycles. The van der Waals surface area contributed by atoms with Crippen molar-refractivity contribution >= 4 is 11.8 Å². The van der Waals surface area contributed by atoms with Crippen LogP contribution in [0.5, 0.6) is 0 Å². The molecule has 1 aliphatic heterocycles. The van der Waals surface area contributed by atoms with Gasteiger partial charge in [-0.3, -0.25) is 9.59 Å². The predicted octanol–water partition coefficient (Wildman–Crippen LogP) is 0.892. The van der Waals surface area contributed by atoms with E-state index in [1.807, 2.05) is 6.92 Å². The minimum atomic E-state index is -0.105. The molecule has 1 saturated carbocycles. The Morgan fingerprint density at radius 1 is 1.20 bits per heavy atom. The second kappa shape index (κ2) is 7.07. The van der Waals surface area contributed by atoms with E-state index in [9.17, 15) is 9.59 Å². The molecule has 0 spiro atoms. The summed E-state index contributed by atoms with van der Waals surface area (Å²) in [5.74, 6) is 0.730. The van der Waals surface area contributed by atoms with Gasteiger partial charge in [-0.2, -0.15) is 0 Å². The van der Waals surface area contributed by atoms with E-state index in [2.05, 4.69) is 10.6 Å². The third kappa shape index (κ3) is 3.51. The van der Waals surface area contributed by atoms with Crippen LogP contribution in [0.1, 0.15) is 45.4 Å². The first kappa shape index (κ1) is 15.3. The molecule has 0 bridgehead atoms. The van der Waals surface area contributed by atoms with Gasteiger partial charge in [0.2, 0.25) is 11.8 Å². The van der Waals surface area contributed by atoms with Crippen molar-refractivity contribution in [2.75, 3.05) is 20.1 Å². The number of carbonyl (C=O) groups excluding carboxylic acids is 2. The highest BCUT2D eigenvalue weighted by Crippen LogP contribution is 2.32. The van der Waals surface area contributed by atoms with Gasteiger partial charge in [-0.25, -0.2) is 0 Å². The number of hydrogen-bond acceptors (Lipinski definition) is 3. The Kier molecular flexibility index (Phi) is 5.40. The molecule has 2 N–H and O–H groups in total. The van der Waals surface area contributed by atoms with E-state index in [0.717, 1.165) is 18.8 Å². The zero-order valence-electron chi connectivity index (χ0n) is 12.7. The molecule has 2 aliphatic rings. The molecule has 114 valence electrons. The molecule has 5 heteroatoms. The van der Waals surface area contributed by atoms with Crippen molar-refractivity contribution in [2.24, 2.45) is 5.92 Å². The van der Waals surface area contributed by atoms with Crippen LogP contribution in [0.25, 0.3) is 0 Å². The predicted molar refractivity (Wildman–Crippen MR) is 78.2 cm³/mol. The van der Waals surface area contributed by atoms with Gasteiger partial charge in [-0.15, -0.1) is 0 Å². The normalized spacial score (nSPS) is 29.4. The average Bonchev–Trinajstić information content (AvgIpc) is 2.51. The van der Waals surface area contributed by atoms with Crippen molar-refractivity contribution in [1.29, 1.82) is 0 Å². The summed E-state index contributed by atoms with van der Waals surface area (Å²) in [6, 6.07) is 0.407. The van der Waals surface area contributed by atoms with Crippen LogP contribution >= 0.6 is 0 Å². The first-order chi connectivity index (χ1) is 9.65. The zero-order valence-corrected chi connectivity index (χ0v) is 12.7. The fourth-order valence-corrected chi connectivity index (χ4v) is 3.51. The number of fused-ring (bicyclic) bond motifs is 1. The van der Waals surface area contributed by atoms with Crippen molar-refractivity contribution in [1.82, 2.24) is 15.5 Å². The van der Waals surface area contributed by atoms with Crippen LogP contribution in [0.2, 0.25) is 0 Å². The van der Waals surface area contributed by atoms with Crippen LogP contribution in [0, 0.1) is 5.92 Å². The number of likely N-dealkylation sites (N-methyl/N-ethyl adjacent to an activating group) is 2. The topological polar surface area (TPSA) is 61.4 Å². The fourth-order valence-electron chi connectivity index (χ4n) is 3.51. The van der Waals surface area contributed by atoms with Gasteiger partial charge in [-0.05, 0) is 38.5 Å². The molecule has 1 heterocycles. The third-order valence-corrected chi connectivity index (χ3v) is 4.76. The van der Waals surface area contributed by atoms with E-state index < -0.39 is 0 Å². The lowest BCUT2D eigenvalue weighted by Gasteiger charge is -2.41. The number of nitrogens with zero attached hydrogens (tertiary/aromatic N) is 1. The molecule has 2 amide bonds. The fraction of sp³-hybridized carbons (Fsp3) is 0.867. The summed E-state index contributed by atoms with van der Waals surface area (Å²) < 4.78 is 0. The maximum Gasteiger partial charge on any atom is 0.240 e. The second-order valence-corrected chi connectivity index (χ2v) is 5.97. The van der Waals surface area contributed by atoms with E-state index in [-0.39, 0.29) is 24.4 Å². The van der Waals surface area contributed by atoms with Crippen molar-refractivity contribution in [3.63, 3.8) is 0 Å². The lowest BCUT2D eigenvalue weighted by Crippen LogP contribution is -2.56. The van der Waals surface area contributed by atoms with Crippen LogP contribution < -0.4 is 10.6 Å². The van der Waals surface area contributed by atoms with Gasteiger partial charge in [0.05, 0.1) is 12.6 Å². The van der Waals surface area contributed by atoms with Crippen LogP contribution in [-0.2, 0) is 9.59 Å². The summed E-state index contributed by atoms with van der Waals surface area (Å²) in [7, 11) is 1.60. The Bertz CT molecular complexity index is 359. The van der Waals surface area contributed by atoms with E-state index >= 15 is 0 Å². The Hall–Kier alpha value is -1.10. The highest BCUT2D eigenvalue weighted by Gasteiger charge is 2.35. The molecule has 1 saturated heterocycles. The molecular weight excluding hydrogens is 254 g/mol. The monoisotopic (exact) mass is 281 g/mol. The molecule has 2 rings (SSSR count). The zero-order chi connectivity index (χ0) is 14.5. The summed E-state index contributed by atoms with van der Waals surface area (Å²) >= 11 is 0. The Labute approximate surface area is 121 Å². The highest BCUT2D eigenvalue weighted by atomic mass is 16.2. The van der Waals surface area contributed by atoms with Gasteiger partial charge in [0.25, 0.3) is 0 Å². The standard InChI is InChI=1S/C15H27N3O2/c1-3-18(10-14(19)16-2)15(20)13-9-8-11-6-4-5-7-12(11)17-13/h11-13,17H,3-10H2,1-2H3,(H,16,19). The van der Waals surface area contributed by atoms with E-state index in [1.165, 1.54) is 25.7 Å². The number of amides is 2. The Balaban J connectivity index is 1.92. The van der Waals surface area contributed by atoms with Crippen LogP contribution in [0.4, 0.5) is 0 Å². The lowest BCUT2D eigenvalue weighted by molar-refractivity contribution is -0.138. The van der Waals surface area contributed by atoms with E-state index in [1.54, 1.807) is 11.9 Å². The number of nitrogens with one attached hydrogen (secondary N) is 2. The molecular formula is C15H27N3O2. The number of carbonyl (C=O) groups is 2. The minimum absolute atomic E-state index is 0.0834. The number of hydrogen-bond donors (Lipinski definition) is 2. The highest BCUT2D eigenvalue weighted by molar-refractivity contribution is 5.87. The van der Waals surface area contributed by atoms with Gasteiger partial charge in [-0.1, -0.05) is 12.8 Å². The minimum Gasteiger partial charge on any atom is -0.358 e. The molecule has 1 aliphatic carbocycles. The molecule has 0 aromatic carbocycles. The van der Waals surface area contributed by atoms with E-state index in [4.69, 9.17) is 0 Å². The molecule has 20 heavy (non-hydrogen) atoms. The maximum atomic E-state index is 12.5. The Morgan fingerprint density at radius 2 is 1.95 bits per heavy atom. The molecule has 2 fully saturated rings. The Morgan fingerprint density at radius 3 is 2.65 bits per heavy atom. The third-order valence-electron chi connectivity index (χ3n) is 4.76. The van der Waals surface area contributed by atoms with Crippen LogP contribution in [-0.4, -0.2) is 48.9 Å². The molecule has 3 unspecified atom stereocenters. The summed E-state index contributed by atoms with van der Waals surface area (Å²) in [5.41, 5.74) is 0. The lowest BCUT2D eigenvalue weighted by atomic mass is 9.77.